The van der Waals surface area contributed by atoms with Gasteiger partial charge in [0.1, 0.15) is 0 Å². The number of aromatic nitrogens is 3. The zero-order chi connectivity index (χ0) is 14.6. The van der Waals surface area contributed by atoms with Crippen LogP contribution in [0.15, 0.2) is 6.20 Å². The lowest BCUT2D eigenvalue weighted by atomic mass is 9.80. The van der Waals surface area contributed by atoms with Crippen LogP contribution in [0.5, 0.6) is 0 Å². The third-order valence-electron chi connectivity index (χ3n) is 4.07. The third-order valence-corrected chi connectivity index (χ3v) is 4.07. The van der Waals surface area contributed by atoms with Gasteiger partial charge < -0.3 is 5.32 Å². The van der Waals surface area contributed by atoms with Crippen LogP contribution in [0.1, 0.15) is 44.7 Å². The highest BCUT2D eigenvalue weighted by Gasteiger charge is 2.37. The van der Waals surface area contributed by atoms with Crippen molar-refractivity contribution in [3.63, 3.8) is 0 Å². The predicted molar refractivity (Wildman–Crippen MR) is 73.7 cm³/mol. The standard InChI is InChI=1S/C14H24F2N4/c1-3-8-17-13(9-12-10-20(2)19-18-12)11-4-6-14(15,16)7-5-11/h10-11,13,17H,3-9H2,1-2H3. The Bertz CT molecular complexity index is 409. The maximum absolute atomic E-state index is 13.3. The van der Waals surface area contributed by atoms with Crippen LogP contribution in [0, 0.1) is 5.92 Å². The molecule has 1 fully saturated rings. The number of rotatable bonds is 6. The van der Waals surface area contributed by atoms with Crippen molar-refractivity contribution in [2.75, 3.05) is 6.54 Å². The molecule has 2 rings (SSSR count). The minimum Gasteiger partial charge on any atom is -0.313 e. The largest absolute Gasteiger partial charge is 0.313 e. The number of halogens is 2. The van der Waals surface area contributed by atoms with Crippen molar-refractivity contribution in [3.8, 4) is 0 Å². The van der Waals surface area contributed by atoms with E-state index in [2.05, 4.69) is 22.6 Å². The Hall–Kier alpha value is -1.04. The summed E-state index contributed by atoms with van der Waals surface area (Å²) in [6, 6.07) is 0.225. The summed E-state index contributed by atoms with van der Waals surface area (Å²) >= 11 is 0. The van der Waals surface area contributed by atoms with Crippen molar-refractivity contribution in [3.05, 3.63) is 11.9 Å². The lowest BCUT2D eigenvalue weighted by Crippen LogP contribution is -2.41. The minimum absolute atomic E-state index is 0.0163. The first-order valence-electron chi connectivity index (χ1n) is 7.46. The fraction of sp³-hybridized carbons (Fsp3) is 0.857. The molecule has 6 heteroatoms. The van der Waals surface area contributed by atoms with Crippen LogP contribution in [0.3, 0.4) is 0 Å². The minimum atomic E-state index is -2.46. The summed E-state index contributed by atoms with van der Waals surface area (Å²) < 4.78 is 28.2. The van der Waals surface area contributed by atoms with Crippen LogP contribution in [0.4, 0.5) is 8.78 Å². The number of nitrogens with zero attached hydrogens (tertiary/aromatic N) is 3. The quantitative estimate of drug-likeness (QED) is 0.874. The summed E-state index contributed by atoms with van der Waals surface area (Å²) in [4.78, 5) is 0. The molecular formula is C14H24F2N4. The highest BCUT2D eigenvalue weighted by atomic mass is 19.3. The highest BCUT2D eigenvalue weighted by Crippen LogP contribution is 2.37. The SMILES string of the molecule is CCCNC(Cc1cn(C)nn1)C1CCC(F)(F)CC1. The van der Waals surface area contributed by atoms with Gasteiger partial charge in [-0.2, -0.15) is 0 Å². The molecule has 0 amide bonds. The molecule has 1 aliphatic rings. The van der Waals surface area contributed by atoms with Crippen molar-refractivity contribution in [1.82, 2.24) is 20.3 Å². The summed E-state index contributed by atoms with van der Waals surface area (Å²) in [7, 11) is 1.84. The van der Waals surface area contributed by atoms with Crippen LogP contribution in [0.25, 0.3) is 0 Å². The summed E-state index contributed by atoms with van der Waals surface area (Å²) in [5.41, 5.74) is 0.929. The Morgan fingerprint density at radius 3 is 2.70 bits per heavy atom. The van der Waals surface area contributed by atoms with E-state index in [1.807, 2.05) is 13.2 Å². The summed E-state index contributed by atoms with van der Waals surface area (Å²) in [5, 5.41) is 11.6. The van der Waals surface area contributed by atoms with Crippen molar-refractivity contribution >= 4 is 0 Å². The van der Waals surface area contributed by atoms with E-state index >= 15 is 0 Å². The van der Waals surface area contributed by atoms with Gasteiger partial charge >= 0.3 is 0 Å². The number of hydrogen-bond donors (Lipinski definition) is 1. The molecule has 0 spiro atoms. The zero-order valence-corrected chi connectivity index (χ0v) is 12.3. The molecule has 114 valence electrons. The number of nitrogens with one attached hydrogen (secondary N) is 1. The van der Waals surface area contributed by atoms with Gasteiger partial charge in [-0.15, -0.1) is 5.10 Å². The van der Waals surface area contributed by atoms with E-state index < -0.39 is 5.92 Å². The van der Waals surface area contributed by atoms with Gasteiger partial charge in [0.25, 0.3) is 0 Å². The Balaban J connectivity index is 1.96. The second-order valence-corrected chi connectivity index (χ2v) is 5.84. The van der Waals surface area contributed by atoms with Crippen LogP contribution >= 0.6 is 0 Å². The number of alkyl halides is 2. The Morgan fingerprint density at radius 1 is 1.45 bits per heavy atom. The molecule has 1 heterocycles. The normalized spacial score (nSPS) is 21.0. The molecule has 0 bridgehead atoms. The van der Waals surface area contributed by atoms with Crippen molar-refractivity contribution in [1.29, 1.82) is 0 Å². The van der Waals surface area contributed by atoms with E-state index in [4.69, 9.17) is 0 Å². The van der Waals surface area contributed by atoms with E-state index in [1.54, 1.807) is 4.68 Å². The van der Waals surface area contributed by atoms with Crippen LogP contribution in [-0.4, -0.2) is 33.5 Å². The molecule has 4 nitrogen and oxygen atoms in total. The van der Waals surface area contributed by atoms with Gasteiger partial charge in [0.15, 0.2) is 0 Å². The zero-order valence-electron chi connectivity index (χ0n) is 12.3. The molecule has 0 aliphatic heterocycles. The molecule has 1 aliphatic carbocycles. The summed E-state index contributed by atoms with van der Waals surface area (Å²) in [6.07, 6.45) is 4.93. The second-order valence-electron chi connectivity index (χ2n) is 5.84. The van der Waals surface area contributed by atoms with E-state index in [-0.39, 0.29) is 18.9 Å². The van der Waals surface area contributed by atoms with Gasteiger partial charge in [-0.05, 0) is 31.7 Å². The average molecular weight is 286 g/mol. The molecule has 1 unspecified atom stereocenters. The molecule has 1 saturated carbocycles. The molecule has 20 heavy (non-hydrogen) atoms. The maximum Gasteiger partial charge on any atom is 0.248 e. The summed E-state index contributed by atoms with van der Waals surface area (Å²) in [6.45, 7) is 3.03. The molecule has 0 aromatic carbocycles. The maximum atomic E-state index is 13.3. The fourth-order valence-electron chi connectivity index (χ4n) is 2.91. The molecular weight excluding hydrogens is 262 g/mol. The first-order chi connectivity index (χ1) is 9.50. The first kappa shape index (κ1) is 15.4. The fourth-order valence-corrected chi connectivity index (χ4v) is 2.91. The van der Waals surface area contributed by atoms with Gasteiger partial charge in [-0.25, -0.2) is 8.78 Å². The number of aryl methyl sites for hydroxylation is 1. The van der Waals surface area contributed by atoms with E-state index in [1.165, 1.54) is 0 Å². The van der Waals surface area contributed by atoms with Gasteiger partial charge in [0.05, 0.1) is 5.69 Å². The number of hydrogen-bond acceptors (Lipinski definition) is 3. The van der Waals surface area contributed by atoms with E-state index in [9.17, 15) is 8.78 Å². The third kappa shape index (κ3) is 4.23. The molecule has 0 radical (unpaired) electrons. The summed E-state index contributed by atoms with van der Waals surface area (Å²) in [5.74, 6) is -2.15. The monoisotopic (exact) mass is 286 g/mol. The van der Waals surface area contributed by atoms with Crippen molar-refractivity contribution < 1.29 is 8.78 Å². The van der Waals surface area contributed by atoms with Gasteiger partial charge in [0.2, 0.25) is 5.92 Å². The van der Waals surface area contributed by atoms with Crippen LogP contribution < -0.4 is 5.32 Å². The van der Waals surface area contributed by atoms with Crippen LogP contribution in [-0.2, 0) is 13.5 Å². The smallest absolute Gasteiger partial charge is 0.248 e. The predicted octanol–water partition coefficient (Wildman–Crippen LogP) is 2.55. The Morgan fingerprint density at radius 2 is 2.15 bits per heavy atom. The van der Waals surface area contributed by atoms with Gasteiger partial charge in [0, 0.05) is 38.5 Å². The van der Waals surface area contributed by atoms with Crippen LogP contribution in [0.2, 0.25) is 0 Å². The second kappa shape index (κ2) is 6.61. The Labute approximate surface area is 118 Å². The first-order valence-corrected chi connectivity index (χ1v) is 7.46. The van der Waals surface area contributed by atoms with Gasteiger partial charge in [-0.3, -0.25) is 4.68 Å². The molecule has 0 saturated heterocycles. The molecule has 1 N–H and O–H groups in total. The molecule has 1 aromatic heterocycles. The topological polar surface area (TPSA) is 42.7 Å². The van der Waals surface area contributed by atoms with E-state index in [0.29, 0.717) is 18.8 Å². The lowest BCUT2D eigenvalue weighted by molar-refractivity contribution is -0.0495. The molecule has 1 atom stereocenters. The van der Waals surface area contributed by atoms with Crippen molar-refractivity contribution in [2.24, 2.45) is 13.0 Å². The van der Waals surface area contributed by atoms with E-state index in [0.717, 1.165) is 25.1 Å². The highest BCUT2D eigenvalue weighted by molar-refractivity contribution is 4.98. The Kier molecular flexibility index (Phi) is 5.07. The van der Waals surface area contributed by atoms with Crippen molar-refractivity contribution in [2.45, 2.75) is 57.4 Å². The van der Waals surface area contributed by atoms with Gasteiger partial charge in [-0.1, -0.05) is 12.1 Å². The molecule has 1 aromatic rings. The lowest BCUT2D eigenvalue weighted by Gasteiger charge is -2.34. The average Bonchev–Trinajstić information content (AvgIpc) is 2.80.